The Hall–Kier alpha value is -2.56. The van der Waals surface area contributed by atoms with Crippen LogP contribution in [-0.4, -0.2) is 15.0 Å². The van der Waals surface area contributed by atoms with Gasteiger partial charge in [0.2, 0.25) is 0 Å². The Balaban J connectivity index is 2.31. The summed E-state index contributed by atoms with van der Waals surface area (Å²) in [5.74, 6) is 0.319. The Kier molecular flexibility index (Phi) is 2.15. The van der Waals surface area contributed by atoms with Crippen molar-refractivity contribution >= 4 is 11.0 Å². The molecule has 17 heavy (non-hydrogen) atoms. The molecule has 5 heteroatoms. The van der Waals surface area contributed by atoms with Crippen LogP contribution < -0.4 is 5.63 Å². The zero-order valence-corrected chi connectivity index (χ0v) is 8.70. The maximum atomic E-state index is 11.8. The molecule has 2 heterocycles. The third-order valence-electron chi connectivity index (χ3n) is 2.38. The molecule has 5 nitrogen and oxygen atoms in total. The molecule has 0 spiro atoms. The molecule has 0 fully saturated rings. The lowest BCUT2D eigenvalue weighted by Crippen LogP contribution is -2.05. The van der Waals surface area contributed by atoms with Gasteiger partial charge < -0.3 is 4.42 Å². The van der Waals surface area contributed by atoms with Crippen molar-refractivity contribution in [3.8, 4) is 11.4 Å². The minimum absolute atomic E-state index is 0.319. The minimum atomic E-state index is -0.449. The summed E-state index contributed by atoms with van der Waals surface area (Å²) < 4.78 is 5.19. The van der Waals surface area contributed by atoms with Gasteiger partial charge in [0.15, 0.2) is 5.82 Å². The Morgan fingerprint density at radius 3 is 2.65 bits per heavy atom. The van der Waals surface area contributed by atoms with Crippen LogP contribution >= 0.6 is 0 Å². The second-order valence-electron chi connectivity index (χ2n) is 3.45. The van der Waals surface area contributed by atoms with Gasteiger partial charge in [-0.15, -0.1) is 0 Å². The smallest absolute Gasteiger partial charge is 0.347 e. The number of fused-ring (bicyclic) bond motifs is 1. The maximum Gasteiger partial charge on any atom is 0.347 e. The summed E-state index contributed by atoms with van der Waals surface area (Å²) in [6.45, 7) is 0. The lowest BCUT2D eigenvalue weighted by Gasteiger charge is -1.99. The van der Waals surface area contributed by atoms with E-state index in [1.807, 2.05) is 18.2 Å². The van der Waals surface area contributed by atoms with Gasteiger partial charge in [-0.2, -0.15) is 0 Å². The molecule has 3 aromatic rings. The normalized spacial score (nSPS) is 10.6. The van der Waals surface area contributed by atoms with Crippen molar-refractivity contribution in [1.82, 2.24) is 15.0 Å². The van der Waals surface area contributed by atoms with E-state index in [4.69, 9.17) is 4.42 Å². The van der Waals surface area contributed by atoms with Crippen LogP contribution in [0.4, 0.5) is 0 Å². The lowest BCUT2D eigenvalue weighted by molar-refractivity contribution is 0.562. The number of rotatable bonds is 1. The van der Waals surface area contributed by atoms with Crippen molar-refractivity contribution in [3.63, 3.8) is 0 Å². The summed E-state index contributed by atoms with van der Waals surface area (Å²) in [6, 6.07) is 9.01. The van der Waals surface area contributed by atoms with E-state index in [9.17, 15) is 4.79 Å². The summed E-state index contributed by atoms with van der Waals surface area (Å²) in [6.07, 6.45) is 2.69. The zero-order valence-electron chi connectivity index (χ0n) is 8.70. The lowest BCUT2D eigenvalue weighted by atomic mass is 10.2. The van der Waals surface area contributed by atoms with E-state index in [2.05, 4.69) is 15.0 Å². The zero-order chi connectivity index (χ0) is 11.7. The first kappa shape index (κ1) is 9.65. The van der Waals surface area contributed by atoms with Gasteiger partial charge in [0.1, 0.15) is 23.8 Å². The highest BCUT2D eigenvalue weighted by atomic mass is 16.4. The van der Waals surface area contributed by atoms with Crippen molar-refractivity contribution in [2.24, 2.45) is 0 Å². The fraction of sp³-hybridized carbons (Fsp3) is 0. The first-order valence-corrected chi connectivity index (χ1v) is 5.00. The summed E-state index contributed by atoms with van der Waals surface area (Å²) in [7, 11) is 0. The molecule has 82 valence electrons. The quantitative estimate of drug-likeness (QED) is 0.589. The average molecular weight is 225 g/mol. The molecule has 0 N–H and O–H groups in total. The summed E-state index contributed by atoms with van der Waals surface area (Å²) in [5.41, 5.74) is 0.441. The van der Waals surface area contributed by atoms with Crippen LogP contribution in [0, 0.1) is 0 Å². The van der Waals surface area contributed by atoms with E-state index in [1.54, 1.807) is 12.1 Å². The van der Waals surface area contributed by atoms with E-state index >= 15 is 0 Å². The molecule has 0 aliphatic carbocycles. The van der Waals surface area contributed by atoms with Gasteiger partial charge in [0, 0.05) is 5.39 Å². The molecule has 3 rings (SSSR count). The van der Waals surface area contributed by atoms with Crippen LogP contribution in [-0.2, 0) is 0 Å². The third kappa shape index (κ3) is 1.67. The van der Waals surface area contributed by atoms with Gasteiger partial charge in [-0.05, 0) is 12.1 Å². The fourth-order valence-corrected chi connectivity index (χ4v) is 1.60. The second-order valence-corrected chi connectivity index (χ2v) is 3.45. The number of hydrogen-bond donors (Lipinski definition) is 0. The van der Waals surface area contributed by atoms with Gasteiger partial charge in [-0.25, -0.2) is 19.7 Å². The molecule has 1 aromatic carbocycles. The van der Waals surface area contributed by atoms with E-state index in [1.165, 1.54) is 12.7 Å². The monoisotopic (exact) mass is 225 g/mol. The largest absolute Gasteiger partial charge is 0.422 e. The average Bonchev–Trinajstić information content (AvgIpc) is 2.39. The van der Waals surface area contributed by atoms with E-state index < -0.39 is 5.63 Å². The number of para-hydroxylation sites is 1. The van der Waals surface area contributed by atoms with E-state index in [0.29, 0.717) is 17.0 Å². The second kappa shape index (κ2) is 3.79. The highest BCUT2D eigenvalue weighted by molar-refractivity contribution is 5.80. The summed E-state index contributed by atoms with van der Waals surface area (Å²) in [5, 5.41) is 0.836. The first-order chi connectivity index (χ1) is 8.34. The van der Waals surface area contributed by atoms with Gasteiger partial charge in [0.05, 0.1) is 0 Å². The maximum absolute atomic E-state index is 11.8. The van der Waals surface area contributed by atoms with Crippen molar-refractivity contribution in [3.05, 3.63) is 53.4 Å². The molecular weight excluding hydrogens is 218 g/mol. The summed E-state index contributed by atoms with van der Waals surface area (Å²) >= 11 is 0. The molecule has 0 saturated carbocycles. The predicted molar refractivity (Wildman–Crippen MR) is 61.3 cm³/mol. The molecule has 0 unspecified atom stereocenters. The summed E-state index contributed by atoms with van der Waals surface area (Å²) in [4.78, 5) is 23.3. The molecule has 2 aromatic heterocycles. The van der Waals surface area contributed by atoms with E-state index in [-0.39, 0.29) is 0 Å². The topological polar surface area (TPSA) is 68.9 Å². The highest BCUT2D eigenvalue weighted by Gasteiger charge is 2.09. The van der Waals surface area contributed by atoms with Crippen LogP contribution in [0.1, 0.15) is 0 Å². The molecule has 0 bridgehead atoms. The van der Waals surface area contributed by atoms with Gasteiger partial charge in [-0.1, -0.05) is 18.2 Å². The van der Waals surface area contributed by atoms with Gasteiger partial charge in [0.25, 0.3) is 0 Å². The minimum Gasteiger partial charge on any atom is -0.422 e. The van der Waals surface area contributed by atoms with Crippen LogP contribution in [0.25, 0.3) is 22.4 Å². The Morgan fingerprint density at radius 1 is 1.06 bits per heavy atom. The highest BCUT2D eigenvalue weighted by Crippen LogP contribution is 2.17. The SMILES string of the molecule is O=c1oc2ccccc2cc1-c1ncncn1. The fourth-order valence-electron chi connectivity index (χ4n) is 1.60. The molecule has 0 saturated heterocycles. The number of hydrogen-bond acceptors (Lipinski definition) is 5. The van der Waals surface area contributed by atoms with Gasteiger partial charge >= 0.3 is 5.63 Å². The standard InChI is InChI=1S/C12H7N3O2/c16-12-9(11-14-6-13-7-15-11)5-8-3-1-2-4-10(8)17-12/h1-7H. The van der Waals surface area contributed by atoms with Crippen LogP contribution in [0.5, 0.6) is 0 Å². The number of benzene rings is 1. The number of aromatic nitrogens is 3. The molecule has 0 radical (unpaired) electrons. The van der Waals surface area contributed by atoms with Crippen molar-refractivity contribution < 1.29 is 4.42 Å². The predicted octanol–water partition coefficient (Wildman–Crippen LogP) is 1.64. The molecular formula is C12H7N3O2. The Morgan fingerprint density at radius 2 is 1.82 bits per heavy atom. The van der Waals surface area contributed by atoms with Crippen molar-refractivity contribution in [2.45, 2.75) is 0 Å². The first-order valence-electron chi connectivity index (χ1n) is 5.00. The molecule has 0 amide bonds. The Bertz CT molecular complexity index is 722. The van der Waals surface area contributed by atoms with Crippen LogP contribution in [0.3, 0.4) is 0 Å². The van der Waals surface area contributed by atoms with Crippen molar-refractivity contribution in [1.29, 1.82) is 0 Å². The van der Waals surface area contributed by atoms with Crippen LogP contribution in [0.2, 0.25) is 0 Å². The Labute approximate surface area is 95.8 Å². The van der Waals surface area contributed by atoms with Crippen LogP contribution in [0.15, 0.2) is 52.2 Å². The number of nitrogens with zero attached hydrogens (tertiary/aromatic N) is 3. The molecule has 0 aliphatic rings. The third-order valence-corrected chi connectivity index (χ3v) is 2.38. The molecule has 0 aliphatic heterocycles. The molecule has 0 atom stereocenters. The van der Waals surface area contributed by atoms with E-state index in [0.717, 1.165) is 5.39 Å². The van der Waals surface area contributed by atoms with Gasteiger partial charge in [-0.3, -0.25) is 0 Å². The van der Waals surface area contributed by atoms with Crippen molar-refractivity contribution in [2.75, 3.05) is 0 Å².